The van der Waals surface area contributed by atoms with Crippen LogP contribution in [0.25, 0.3) is 11.0 Å². The van der Waals surface area contributed by atoms with E-state index < -0.39 is 10.0 Å². The Hall–Kier alpha value is -1.05. The topological polar surface area (TPSA) is 93.5 Å². The fourth-order valence-electron chi connectivity index (χ4n) is 4.12. The molecule has 0 atom stereocenters. The number of rotatable bonds is 8. The van der Waals surface area contributed by atoms with Crippen LogP contribution in [0.1, 0.15) is 43.0 Å². The highest BCUT2D eigenvalue weighted by atomic mass is 127. The summed E-state index contributed by atoms with van der Waals surface area (Å²) >= 11 is 2.20. The molecule has 30 heavy (non-hydrogen) atoms. The fraction of sp³-hybridized carbons (Fsp3) is 0.579. The van der Waals surface area contributed by atoms with Crippen LogP contribution in [0.2, 0.25) is 0 Å². The average Bonchev–Trinajstić information content (AvgIpc) is 3.16. The average molecular weight is 566 g/mol. The maximum absolute atomic E-state index is 12.6. The number of ether oxygens (including phenoxy) is 1. The van der Waals surface area contributed by atoms with E-state index in [1.54, 1.807) is 13.1 Å². The number of aromatic nitrogens is 2. The van der Waals surface area contributed by atoms with Crippen molar-refractivity contribution in [1.29, 1.82) is 0 Å². The van der Waals surface area contributed by atoms with Gasteiger partial charge in [-0.25, -0.2) is 22.9 Å². The number of hydrogen-bond acceptors (Lipinski definition) is 7. The van der Waals surface area contributed by atoms with Crippen LogP contribution in [0.15, 0.2) is 18.5 Å². The van der Waals surface area contributed by atoms with Gasteiger partial charge in [-0.3, -0.25) is 3.97 Å². The zero-order chi connectivity index (χ0) is 21.9. The summed E-state index contributed by atoms with van der Waals surface area (Å²) in [6.45, 7) is 2.09. The van der Waals surface area contributed by atoms with Crippen molar-refractivity contribution in [2.45, 2.75) is 38.6 Å². The summed E-state index contributed by atoms with van der Waals surface area (Å²) in [6, 6.07) is 2.20. The largest absolute Gasteiger partial charge is 0.462 e. The van der Waals surface area contributed by atoms with Gasteiger partial charge in [-0.1, -0.05) is 0 Å². The van der Waals surface area contributed by atoms with Crippen LogP contribution >= 0.6 is 30.3 Å². The Balaban J connectivity index is 1.88. The standard InChI is InChI=1S/C19H27IN4O4S2/c1-4-28-19(25)16-11-22-18-15(9-10-24(18)29-20)17(16)23(3)14-7-5-13(6-8-14)12-30(26,27)21-2/h9-11,13-14,21H,4-8,12H2,1-3H3. The molecular formula is C19H27IN4O4S2. The highest BCUT2D eigenvalue weighted by molar-refractivity contribution is 14.2. The number of halogens is 1. The minimum Gasteiger partial charge on any atom is -0.462 e. The molecular weight excluding hydrogens is 539 g/mol. The number of carbonyl (C=O) groups excluding carboxylic acids is 1. The van der Waals surface area contributed by atoms with Gasteiger partial charge in [-0.05, 0) is 51.6 Å². The summed E-state index contributed by atoms with van der Waals surface area (Å²) in [5.41, 5.74) is 2.09. The molecule has 0 radical (unpaired) electrons. The van der Waals surface area contributed by atoms with Gasteiger partial charge in [0.15, 0.2) is 5.65 Å². The molecule has 0 spiro atoms. The van der Waals surface area contributed by atoms with Gasteiger partial charge in [0.25, 0.3) is 0 Å². The Morgan fingerprint density at radius 1 is 1.40 bits per heavy atom. The minimum absolute atomic E-state index is 0.158. The lowest BCUT2D eigenvalue weighted by Gasteiger charge is -2.36. The predicted octanol–water partition coefficient (Wildman–Crippen LogP) is 3.60. The van der Waals surface area contributed by atoms with Crippen LogP contribution in [0, 0.1) is 5.92 Å². The maximum atomic E-state index is 12.6. The van der Waals surface area contributed by atoms with Gasteiger partial charge in [-0.2, -0.15) is 0 Å². The Kier molecular flexibility index (Phi) is 7.91. The van der Waals surface area contributed by atoms with Gasteiger partial charge < -0.3 is 9.64 Å². The van der Waals surface area contributed by atoms with Gasteiger partial charge in [0.1, 0.15) is 5.56 Å². The molecule has 1 aliphatic rings. The third-order valence-electron chi connectivity index (χ3n) is 5.70. The molecule has 3 rings (SSSR count). The minimum atomic E-state index is -3.20. The van der Waals surface area contributed by atoms with E-state index in [0.29, 0.717) is 12.2 Å². The Morgan fingerprint density at radius 2 is 2.10 bits per heavy atom. The third kappa shape index (κ3) is 5.05. The molecule has 0 bridgehead atoms. The quantitative estimate of drug-likeness (QED) is 0.386. The molecule has 1 fully saturated rings. The smallest absolute Gasteiger partial charge is 0.341 e. The number of nitrogens with zero attached hydrogens (tertiary/aromatic N) is 3. The molecule has 1 aliphatic carbocycles. The van der Waals surface area contributed by atoms with Crippen molar-refractivity contribution < 1.29 is 17.9 Å². The lowest BCUT2D eigenvalue weighted by Crippen LogP contribution is -2.38. The zero-order valence-electron chi connectivity index (χ0n) is 17.3. The van der Waals surface area contributed by atoms with Crippen molar-refractivity contribution in [2.24, 2.45) is 5.92 Å². The number of sulfonamides is 1. The number of pyridine rings is 1. The molecule has 0 unspecified atom stereocenters. The van der Waals surface area contributed by atoms with Crippen molar-refractivity contribution in [3.05, 3.63) is 24.0 Å². The van der Waals surface area contributed by atoms with Crippen molar-refractivity contribution in [1.82, 2.24) is 13.7 Å². The van der Waals surface area contributed by atoms with E-state index >= 15 is 0 Å². The molecule has 1 saturated carbocycles. The van der Waals surface area contributed by atoms with E-state index in [2.05, 4.69) is 35.8 Å². The summed E-state index contributed by atoms with van der Waals surface area (Å²) in [5.74, 6) is -0.0495. The summed E-state index contributed by atoms with van der Waals surface area (Å²) in [4.78, 5) is 19.3. The van der Waals surface area contributed by atoms with Gasteiger partial charge >= 0.3 is 5.97 Å². The number of nitrogens with one attached hydrogen (secondary N) is 1. The monoisotopic (exact) mass is 566 g/mol. The Labute approximate surface area is 193 Å². The molecule has 2 aromatic heterocycles. The SMILES string of the molecule is CCOC(=O)c1cnc2c(ccn2SI)c1N(C)C1CCC(CS(=O)(=O)NC)CC1. The summed E-state index contributed by atoms with van der Waals surface area (Å²) in [7, 11) is 1.78. The first-order valence-corrected chi connectivity index (χ1v) is 14.9. The first kappa shape index (κ1) is 23.6. The second-order valence-electron chi connectivity index (χ2n) is 7.46. The van der Waals surface area contributed by atoms with E-state index in [1.165, 1.54) is 16.2 Å². The van der Waals surface area contributed by atoms with Crippen molar-refractivity contribution in [2.75, 3.05) is 31.4 Å². The zero-order valence-corrected chi connectivity index (χ0v) is 21.1. The number of fused-ring (bicyclic) bond motifs is 1. The second kappa shape index (κ2) is 10.0. The predicted molar refractivity (Wildman–Crippen MR) is 130 cm³/mol. The molecule has 0 amide bonds. The molecule has 0 saturated heterocycles. The van der Waals surface area contributed by atoms with E-state index in [9.17, 15) is 13.2 Å². The van der Waals surface area contributed by atoms with Gasteiger partial charge in [0, 0.05) is 61.2 Å². The molecule has 166 valence electrons. The Bertz CT molecular complexity index is 1000. The van der Waals surface area contributed by atoms with Crippen molar-refractivity contribution in [3.63, 3.8) is 0 Å². The number of carbonyl (C=O) groups is 1. The van der Waals surface area contributed by atoms with E-state index in [0.717, 1.165) is 42.4 Å². The normalized spacial score (nSPS) is 19.7. The molecule has 1 N–H and O–H groups in total. The molecule has 2 aromatic rings. The molecule has 11 heteroatoms. The lowest BCUT2D eigenvalue weighted by molar-refractivity contribution is 0.0526. The first-order chi connectivity index (χ1) is 14.3. The van der Waals surface area contributed by atoms with Crippen LogP contribution in [0.4, 0.5) is 5.69 Å². The van der Waals surface area contributed by atoms with E-state index in [4.69, 9.17) is 4.74 Å². The maximum Gasteiger partial charge on any atom is 0.341 e. The van der Waals surface area contributed by atoms with Gasteiger partial charge in [0.2, 0.25) is 10.0 Å². The Morgan fingerprint density at radius 3 is 2.70 bits per heavy atom. The third-order valence-corrected chi connectivity index (χ3v) is 8.95. The summed E-state index contributed by atoms with van der Waals surface area (Å²) in [5, 5.41) is 0.909. The molecule has 0 aromatic carbocycles. The molecule has 8 nitrogen and oxygen atoms in total. The first-order valence-electron chi connectivity index (χ1n) is 9.91. The van der Waals surface area contributed by atoms with Gasteiger partial charge in [-0.15, -0.1) is 0 Å². The van der Waals surface area contributed by atoms with Crippen molar-refractivity contribution in [3.8, 4) is 0 Å². The number of hydrogen-bond donors (Lipinski definition) is 1. The highest BCUT2D eigenvalue weighted by Crippen LogP contribution is 2.37. The van der Waals surface area contributed by atoms with Gasteiger partial charge in [0.05, 0.1) is 18.0 Å². The number of anilines is 1. The van der Waals surface area contributed by atoms with Crippen LogP contribution < -0.4 is 9.62 Å². The van der Waals surface area contributed by atoms with Crippen LogP contribution in [0.3, 0.4) is 0 Å². The second-order valence-corrected chi connectivity index (χ2v) is 11.1. The number of esters is 1. The lowest BCUT2D eigenvalue weighted by atomic mass is 9.86. The highest BCUT2D eigenvalue weighted by Gasteiger charge is 2.30. The van der Waals surface area contributed by atoms with E-state index in [-0.39, 0.29) is 23.7 Å². The van der Waals surface area contributed by atoms with Crippen LogP contribution in [-0.4, -0.2) is 55.8 Å². The van der Waals surface area contributed by atoms with Crippen LogP contribution in [-0.2, 0) is 14.8 Å². The molecule has 2 heterocycles. The molecule has 0 aliphatic heterocycles. The van der Waals surface area contributed by atoms with Crippen LogP contribution in [0.5, 0.6) is 0 Å². The summed E-state index contributed by atoms with van der Waals surface area (Å²) < 4.78 is 33.4. The summed E-state index contributed by atoms with van der Waals surface area (Å²) in [6.07, 6.45) is 6.96. The van der Waals surface area contributed by atoms with E-state index in [1.807, 2.05) is 23.3 Å². The fourth-order valence-corrected chi connectivity index (χ4v) is 6.51. The van der Waals surface area contributed by atoms with Crippen molar-refractivity contribution >= 4 is 63.0 Å².